The van der Waals surface area contributed by atoms with Gasteiger partial charge in [-0.15, -0.1) is 0 Å². The van der Waals surface area contributed by atoms with Crippen LogP contribution in [0.2, 0.25) is 0 Å². The molecule has 5 fully saturated rings. The summed E-state index contributed by atoms with van der Waals surface area (Å²) in [6.45, 7) is 11.5. The van der Waals surface area contributed by atoms with Crippen LogP contribution >= 0.6 is 0 Å². The van der Waals surface area contributed by atoms with E-state index < -0.39 is 98.3 Å². The van der Waals surface area contributed by atoms with Gasteiger partial charge in [-0.2, -0.15) is 16.8 Å². The minimum Gasteiger partial charge on any atom is -0.481 e. The molecule has 1 saturated heterocycles. The molecule has 54 heavy (non-hydrogen) atoms. The summed E-state index contributed by atoms with van der Waals surface area (Å²) in [5.74, 6) is -2.61. The predicted molar refractivity (Wildman–Crippen MR) is 188 cm³/mol. The predicted octanol–water partition coefficient (Wildman–Crippen LogP) is 3.21. The van der Waals surface area contributed by atoms with Crippen LogP contribution in [-0.2, 0) is 48.2 Å². The van der Waals surface area contributed by atoms with E-state index in [-0.39, 0.29) is 34.5 Å². The molecule has 1 heterocycles. The molecule has 14 atom stereocenters. The highest BCUT2D eigenvalue weighted by atomic mass is 32.3. The van der Waals surface area contributed by atoms with E-state index >= 15 is 0 Å². The molecule has 4 saturated carbocycles. The van der Waals surface area contributed by atoms with Gasteiger partial charge in [-0.25, -0.2) is 8.37 Å². The van der Waals surface area contributed by atoms with E-state index in [1.54, 1.807) is 0 Å². The Labute approximate surface area is 316 Å². The number of fused-ring (bicyclic) bond motifs is 7. The summed E-state index contributed by atoms with van der Waals surface area (Å²) in [5, 5.41) is 42.1. The van der Waals surface area contributed by atoms with Gasteiger partial charge in [0.25, 0.3) is 0 Å². The third-order valence-electron chi connectivity index (χ3n) is 15.6. The molecular formula is C36H56O16S2. The average molecular weight is 809 g/mol. The summed E-state index contributed by atoms with van der Waals surface area (Å²) in [6.07, 6.45) is -3.64. The van der Waals surface area contributed by atoms with Crippen LogP contribution in [0.15, 0.2) is 11.6 Å². The Balaban J connectivity index is 1.36. The maximum absolute atomic E-state index is 14.5. The number of hydrogen-bond donors (Lipinski definition) is 6. The first-order valence-corrected chi connectivity index (χ1v) is 21.5. The molecule has 0 aromatic heterocycles. The van der Waals surface area contributed by atoms with Gasteiger partial charge in [-0.1, -0.05) is 46.3 Å². The van der Waals surface area contributed by atoms with Crippen LogP contribution in [0, 0.1) is 50.2 Å². The van der Waals surface area contributed by atoms with Crippen LogP contribution in [0.3, 0.4) is 0 Å². The van der Waals surface area contributed by atoms with Gasteiger partial charge in [0.2, 0.25) is 6.29 Å². The Hall–Kier alpha value is -1.74. The van der Waals surface area contributed by atoms with Crippen molar-refractivity contribution in [2.45, 2.75) is 143 Å². The number of rotatable bonds is 8. The Bertz CT molecular complexity index is 1780. The third-order valence-corrected chi connectivity index (χ3v) is 16.6. The summed E-state index contributed by atoms with van der Waals surface area (Å²) < 4.78 is 87.0. The molecular weight excluding hydrogens is 753 g/mol. The van der Waals surface area contributed by atoms with Crippen LogP contribution in [-0.4, -0.2) is 102 Å². The lowest BCUT2D eigenvalue weighted by molar-refractivity contribution is -0.297. The molecule has 1 aliphatic heterocycles. The van der Waals surface area contributed by atoms with Crippen molar-refractivity contribution in [3.05, 3.63) is 11.6 Å². The first-order chi connectivity index (χ1) is 24.7. The van der Waals surface area contributed by atoms with Crippen LogP contribution in [0.25, 0.3) is 0 Å². The largest absolute Gasteiger partial charge is 0.481 e. The molecule has 0 spiro atoms. The highest BCUT2D eigenvalue weighted by molar-refractivity contribution is 7.81. The molecule has 6 aliphatic rings. The number of aliphatic hydroxyl groups excluding tert-OH is 3. The molecule has 0 bridgehead atoms. The van der Waals surface area contributed by atoms with E-state index in [2.05, 4.69) is 44.9 Å². The second-order valence-electron chi connectivity index (χ2n) is 18.6. The van der Waals surface area contributed by atoms with Crippen molar-refractivity contribution in [1.29, 1.82) is 0 Å². The number of allylic oxidation sites excluding steroid dienone is 2. The van der Waals surface area contributed by atoms with Gasteiger partial charge in [0.05, 0.1) is 23.5 Å². The molecule has 0 radical (unpaired) electrons. The maximum atomic E-state index is 14.5. The summed E-state index contributed by atoms with van der Waals surface area (Å²) in [6, 6.07) is 0. The lowest BCUT2D eigenvalue weighted by Crippen LogP contribution is -2.67. The zero-order chi connectivity index (χ0) is 40.2. The van der Waals surface area contributed by atoms with Gasteiger partial charge < -0.3 is 29.9 Å². The van der Waals surface area contributed by atoms with Gasteiger partial charge in [-0.05, 0) is 111 Å². The summed E-state index contributed by atoms with van der Waals surface area (Å²) >= 11 is 0. The first-order valence-electron chi connectivity index (χ1n) is 18.8. The van der Waals surface area contributed by atoms with Crippen molar-refractivity contribution >= 4 is 32.7 Å². The number of aliphatic carboxylic acids is 1. The Kier molecular flexibility index (Phi) is 10.4. The van der Waals surface area contributed by atoms with E-state index in [9.17, 15) is 51.4 Å². The van der Waals surface area contributed by atoms with Crippen molar-refractivity contribution in [2.24, 2.45) is 50.2 Å². The second-order valence-corrected chi connectivity index (χ2v) is 20.7. The van der Waals surface area contributed by atoms with Gasteiger partial charge in [-0.3, -0.25) is 18.7 Å². The van der Waals surface area contributed by atoms with E-state index in [0.717, 1.165) is 12.8 Å². The van der Waals surface area contributed by atoms with E-state index in [1.807, 2.05) is 0 Å². The monoisotopic (exact) mass is 808 g/mol. The number of carboxylic acids is 1. The number of esters is 1. The van der Waals surface area contributed by atoms with E-state index in [0.29, 0.717) is 44.9 Å². The topological polar surface area (TPSA) is 261 Å². The molecule has 18 heteroatoms. The summed E-state index contributed by atoms with van der Waals surface area (Å²) in [7, 11) is -10.3. The van der Waals surface area contributed by atoms with Crippen molar-refractivity contribution in [1.82, 2.24) is 0 Å². The fourth-order valence-corrected chi connectivity index (χ4v) is 13.6. The number of ether oxygens (including phenoxy) is 2. The molecule has 5 aliphatic carbocycles. The molecule has 6 N–H and O–H groups in total. The molecule has 308 valence electrons. The average Bonchev–Trinajstić information content (AvgIpc) is 3.04. The van der Waals surface area contributed by atoms with Crippen LogP contribution in [0.4, 0.5) is 0 Å². The number of hydrogen-bond acceptors (Lipinski definition) is 13. The van der Waals surface area contributed by atoms with Crippen molar-refractivity contribution < 1.29 is 73.8 Å². The van der Waals surface area contributed by atoms with Crippen molar-refractivity contribution in [2.75, 3.05) is 6.61 Å². The molecule has 0 aromatic rings. The second kappa shape index (κ2) is 13.4. The zero-order valence-corrected chi connectivity index (χ0v) is 33.3. The lowest BCUT2D eigenvalue weighted by Gasteiger charge is -2.71. The SMILES string of the molecule is CC1(C)CC[C@]2(C(=O)O)CC[C@]3(C)C(=CC[C@@H]4[C@@]5(C)CC[C@H](OS(=O)(=O)O)[C@@](C)(C(=O)O[C@@H]6O[C@H](CO)[C@@H](OS(=O)(=O)O)[C@H](O)[C@H]6O)C5CC[C@]43C)[C@@H]2C1. The fourth-order valence-electron chi connectivity index (χ4n) is 12.5. The standard InChI is InChI=1S/C36H56O16S2/c1-31(2)13-15-36(29(40)41)16-14-33(4)19(20(36)17-31)7-8-22-32(3)11-10-24(51-53(43,44)45)35(6,23(32)9-12-34(22,33)5)30(42)50-28-26(39)25(38)27(21(18-37)49-28)52-54(46,47)48/h7,20-28,37-39H,8-18H2,1-6H3,(H,40,41)(H,43,44,45)(H,46,47,48)/t20-,21+,22+,23?,24-,25+,26+,27+,28-,32+,33+,34+,35-,36-/m0/s1. The number of carboxylic acid groups (broad SMARTS) is 1. The lowest BCUT2D eigenvalue weighted by atomic mass is 9.33. The van der Waals surface area contributed by atoms with Crippen molar-refractivity contribution in [3.8, 4) is 0 Å². The number of carbonyl (C=O) groups is 2. The smallest absolute Gasteiger partial charge is 0.397 e. The Morgan fingerprint density at radius 1 is 0.852 bits per heavy atom. The molecule has 0 aromatic carbocycles. The highest BCUT2D eigenvalue weighted by Gasteiger charge is 2.71. The summed E-state index contributed by atoms with van der Waals surface area (Å²) in [4.78, 5) is 27.6. The minimum atomic E-state index is -5.18. The molecule has 0 amide bonds. The third kappa shape index (κ3) is 6.47. The number of aliphatic hydroxyl groups is 3. The van der Waals surface area contributed by atoms with Gasteiger partial charge >= 0.3 is 32.7 Å². The highest BCUT2D eigenvalue weighted by Crippen LogP contribution is 2.76. The summed E-state index contributed by atoms with van der Waals surface area (Å²) in [5.41, 5.74) is -2.80. The van der Waals surface area contributed by atoms with Crippen LogP contribution in [0.5, 0.6) is 0 Å². The van der Waals surface area contributed by atoms with Crippen LogP contribution < -0.4 is 0 Å². The Morgan fingerprint density at radius 3 is 2.07 bits per heavy atom. The zero-order valence-electron chi connectivity index (χ0n) is 31.6. The van der Waals surface area contributed by atoms with Gasteiger partial charge in [0.1, 0.15) is 24.4 Å². The van der Waals surface area contributed by atoms with Crippen LogP contribution in [0.1, 0.15) is 106 Å². The molecule has 16 nitrogen and oxygen atoms in total. The molecule has 1 unspecified atom stereocenters. The fraction of sp³-hybridized carbons (Fsp3) is 0.889. The van der Waals surface area contributed by atoms with E-state index in [1.165, 1.54) is 12.5 Å². The quantitative estimate of drug-likeness (QED) is 0.117. The van der Waals surface area contributed by atoms with Gasteiger partial charge in [0.15, 0.2) is 0 Å². The first kappa shape index (κ1) is 41.9. The van der Waals surface area contributed by atoms with E-state index in [4.69, 9.17) is 18.2 Å². The minimum absolute atomic E-state index is 0.0113. The maximum Gasteiger partial charge on any atom is 0.397 e. The normalized spacial score (nSPS) is 47.5. The van der Waals surface area contributed by atoms with Gasteiger partial charge in [0, 0.05) is 0 Å². The molecule has 6 rings (SSSR count). The Morgan fingerprint density at radius 2 is 1.48 bits per heavy atom. The van der Waals surface area contributed by atoms with Crippen molar-refractivity contribution in [3.63, 3.8) is 0 Å². The number of carbonyl (C=O) groups excluding carboxylic acids is 1.